The van der Waals surface area contributed by atoms with Crippen molar-refractivity contribution >= 4 is 11.0 Å². The van der Waals surface area contributed by atoms with Crippen molar-refractivity contribution < 1.29 is 4.42 Å². The summed E-state index contributed by atoms with van der Waals surface area (Å²) in [6.07, 6.45) is 0. The van der Waals surface area contributed by atoms with Crippen molar-refractivity contribution in [3.63, 3.8) is 0 Å². The van der Waals surface area contributed by atoms with E-state index in [0.29, 0.717) is 0 Å². The standard InChI is InChI=1S/C17H26N2O/c1-5-19(6-2)12-11-18-14(4)17-13(3)15-9-7-8-10-16(15)20-17/h7-10,14,18H,5-6,11-12H2,1-4H3. The molecule has 110 valence electrons. The Kier molecular flexibility index (Phi) is 5.21. The number of benzene rings is 1. The van der Waals surface area contributed by atoms with Crippen molar-refractivity contribution in [2.24, 2.45) is 0 Å². The fraction of sp³-hybridized carbons (Fsp3) is 0.529. The molecule has 20 heavy (non-hydrogen) atoms. The Balaban J connectivity index is 2.00. The summed E-state index contributed by atoms with van der Waals surface area (Å²) in [7, 11) is 0. The number of hydrogen-bond acceptors (Lipinski definition) is 3. The van der Waals surface area contributed by atoms with E-state index in [1.165, 1.54) is 10.9 Å². The number of rotatable bonds is 7. The molecule has 3 nitrogen and oxygen atoms in total. The highest BCUT2D eigenvalue weighted by molar-refractivity contribution is 5.82. The molecular weight excluding hydrogens is 248 g/mol. The first-order valence-corrected chi connectivity index (χ1v) is 7.61. The largest absolute Gasteiger partial charge is 0.459 e. The summed E-state index contributed by atoms with van der Waals surface area (Å²) >= 11 is 0. The lowest BCUT2D eigenvalue weighted by Gasteiger charge is -2.20. The van der Waals surface area contributed by atoms with Crippen LogP contribution in [-0.4, -0.2) is 31.1 Å². The first-order chi connectivity index (χ1) is 9.67. The van der Waals surface area contributed by atoms with E-state index in [1.54, 1.807) is 0 Å². The number of nitrogens with one attached hydrogen (secondary N) is 1. The normalized spacial score (nSPS) is 13.2. The van der Waals surface area contributed by atoms with Crippen LogP contribution in [0.5, 0.6) is 0 Å². The zero-order valence-electron chi connectivity index (χ0n) is 13.1. The van der Waals surface area contributed by atoms with Crippen LogP contribution in [0.3, 0.4) is 0 Å². The molecule has 2 aromatic rings. The molecule has 0 fully saturated rings. The van der Waals surface area contributed by atoms with Gasteiger partial charge in [0.2, 0.25) is 0 Å². The van der Waals surface area contributed by atoms with E-state index >= 15 is 0 Å². The molecule has 0 aliphatic carbocycles. The maximum atomic E-state index is 5.99. The SMILES string of the molecule is CCN(CC)CCNC(C)c1oc2ccccc2c1C. The summed E-state index contributed by atoms with van der Waals surface area (Å²) in [5.41, 5.74) is 2.24. The highest BCUT2D eigenvalue weighted by Crippen LogP contribution is 2.28. The predicted molar refractivity (Wildman–Crippen MR) is 85.2 cm³/mol. The third-order valence-corrected chi connectivity index (χ3v) is 4.05. The number of furan rings is 1. The molecule has 0 saturated carbocycles. The summed E-state index contributed by atoms with van der Waals surface area (Å²) in [6, 6.07) is 8.49. The van der Waals surface area contributed by atoms with Gasteiger partial charge >= 0.3 is 0 Å². The second-order valence-electron chi connectivity index (χ2n) is 5.29. The fourth-order valence-electron chi connectivity index (χ4n) is 2.68. The monoisotopic (exact) mass is 274 g/mol. The summed E-state index contributed by atoms with van der Waals surface area (Å²) in [5, 5.41) is 4.79. The van der Waals surface area contributed by atoms with Gasteiger partial charge in [0.15, 0.2) is 0 Å². The third kappa shape index (κ3) is 3.22. The molecule has 0 spiro atoms. The quantitative estimate of drug-likeness (QED) is 0.834. The van der Waals surface area contributed by atoms with Crippen molar-refractivity contribution in [1.29, 1.82) is 0 Å². The summed E-state index contributed by atoms with van der Waals surface area (Å²) in [4.78, 5) is 2.42. The van der Waals surface area contributed by atoms with Gasteiger partial charge in [0.05, 0.1) is 6.04 Å². The molecule has 0 aliphatic heterocycles. The van der Waals surface area contributed by atoms with E-state index in [9.17, 15) is 0 Å². The lowest BCUT2D eigenvalue weighted by atomic mass is 10.1. The van der Waals surface area contributed by atoms with E-state index in [4.69, 9.17) is 4.42 Å². The molecule has 2 rings (SSSR count). The number of para-hydroxylation sites is 1. The lowest BCUT2D eigenvalue weighted by molar-refractivity contribution is 0.294. The molecular formula is C17H26N2O. The van der Waals surface area contributed by atoms with Crippen LogP contribution in [-0.2, 0) is 0 Å². The molecule has 0 radical (unpaired) electrons. The molecule has 3 heteroatoms. The maximum Gasteiger partial charge on any atom is 0.134 e. The molecule has 0 saturated heterocycles. The second kappa shape index (κ2) is 6.91. The Morgan fingerprint density at radius 2 is 1.90 bits per heavy atom. The molecule has 1 heterocycles. The lowest BCUT2D eigenvalue weighted by Crippen LogP contribution is -2.33. The van der Waals surface area contributed by atoms with Crippen LogP contribution in [0.4, 0.5) is 0 Å². The second-order valence-corrected chi connectivity index (χ2v) is 5.29. The van der Waals surface area contributed by atoms with Gasteiger partial charge in [-0.3, -0.25) is 0 Å². The Labute approximate surface area is 122 Å². The number of likely N-dealkylation sites (N-methyl/N-ethyl adjacent to an activating group) is 1. The molecule has 1 unspecified atom stereocenters. The Bertz CT molecular complexity index is 543. The van der Waals surface area contributed by atoms with Gasteiger partial charge in [0.1, 0.15) is 11.3 Å². The predicted octanol–water partition coefficient (Wildman–Crippen LogP) is 3.73. The van der Waals surface area contributed by atoms with Crippen molar-refractivity contribution in [2.45, 2.75) is 33.7 Å². The average molecular weight is 274 g/mol. The van der Waals surface area contributed by atoms with E-state index in [0.717, 1.165) is 37.5 Å². The van der Waals surface area contributed by atoms with Gasteiger partial charge in [-0.05, 0) is 38.6 Å². The van der Waals surface area contributed by atoms with Crippen LogP contribution in [0.2, 0.25) is 0 Å². The fourth-order valence-corrected chi connectivity index (χ4v) is 2.68. The molecule has 1 aromatic carbocycles. The van der Waals surface area contributed by atoms with Crippen LogP contribution in [0.15, 0.2) is 28.7 Å². The smallest absolute Gasteiger partial charge is 0.134 e. The van der Waals surface area contributed by atoms with Crippen molar-refractivity contribution in [3.05, 3.63) is 35.6 Å². The van der Waals surface area contributed by atoms with Crippen molar-refractivity contribution in [1.82, 2.24) is 10.2 Å². The Hall–Kier alpha value is -1.32. The number of aryl methyl sites for hydroxylation is 1. The molecule has 1 atom stereocenters. The number of fused-ring (bicyclic) bond motifs is 1. The average Bonchev–Trinajstić information content (AvgIpc) is 2.81. The Morgan fingerprint density at radius 3 is 2.55 bits per heavy atom. The van der Waals surface area contributed by atoms with Crippen LogP contribution < -0.4 is 5.32 Å². The zero-order valence-corrected chi connectivity index (χ0v) is 13.1. The zero-order chi connectivity index (χ0) is 14.5. The number of hydrogen-bond donors (Lipinski definition) is 1. The van der Waals surface area contributed by atoms with Gasteiger partial charge < -0.3 is 14.6 Å². The summed E-state index contributed by atoms with van der Waals surface area (Å²) in [6.45, 7) is 13.0. The van der Waals surface area contributed by atoms with Crippen LogP contribution in [0, 0.1) is 6.92 Å². The first kappa shape index (κ1) is 15.1. The van der Waals surface area contributed by atoms with E-state index in [2.05, 4.69) is 50.0 Å². The summed E-state index contributed by atoms with van der Waals surface area (Å²) in [5.74, 6) is 1.06. The van der Waals surface area contributed by atoms with Crippen LogP contribution in [0.25, 0.3) is 11.0 Å². The van der Waals surface area contributed by atoms with Crippen LogP contribution >= 0.6 is 0 Å². The molecule has 1 aromatic heterocycles. The topological polar surface area (TPSA) is 28.4 Å². The molecule has 1 N–H and O–H groups in total. The highest BCUT2D eigenvalue weighted by atomic mass is 16.3. The third-order valence-electron chi connectivity index (χ3n) is 4.05. The highest BCUT2D eigenvalue weighted by Gasteiger charge is 2.15. The van der Waals surface area contributed by atoms with Gasteiger partial charge in [0, 0.05) is 18.5 Å². The van der Waals surface area contributed by atoms with Gasteiger partial charge in [-0.15, -0.1) is 0 Å². The molecule has 0 amide bonds. The molecule has 0 aliphatic rings. The maximum absolute atomic E-state index is 5.99. The van der Waals surface area contributed by atoms with Gasteiger partial charge in [-0.2, -0.15) is 0 Å². The van der Waals surface area contributed by atoms with Crippen LogP contribution in [0.1, 0.15) is 38.1 Å². The van der Waals surface area contributed by atoms with Crippen molar-refractivity contribution in [2.75, 3.05) is 26.2 Å². The van der Waals surface area contributed by atoms with E-state index < -0.39 is 0 Å². The molecule has 0 bridgehead atoms. The summed E-state index contributed by atoms with van der Waals surface area (Å²) < 4.78 is 5.99. The minimum atomic E-state index is 0.248. The van der Waals surface area contributed by atoms with E-state index in [-0.39, 0.29) is 6.04 Å². The minimum absolute atomic E-state index is 0.248. The number of nitrogens with zero attached hydrogens (tertiary/aromatic N) is 1. The first-order valence-electron chi connectivity index (χ1n) is 7.61. The van der Waals surface area contributed by atoms with Gasteiger partial charge in [-0.25, -0.2) is 0 Å². The van der Waals surface area contributed by atoms with E-state index in [1.807, 2.05) is 12.1 Å². The van der Waals surface area contributed by atoms with Gasteiger partial charge in [0.25, 0.3) is 0 Å². The van der Waals surface area contributed by atoms with Crippen molar-refractivity contribution in [3.8, 4) is 0 Å². The Morgan fingerprint density at radius 1 is 1.20 bits per heavy atom. The minimum Gasteiger partial charge on any atom is -0.459 e. The van der Waals surface area contributed by atoms with Gasteiger partial charge in [-0.1, -0.05) is 32.0 Å².